The van der Waals surface area contributed by atoms with Gasteiger partial charge in [0.05, 0.1) is 0 Å². The van der Waals surface area contributed by atoms with Crippen molar-refractivity contribution in [2.75, 3.05) is 0 Å². The van der Waals surface area contributed by atoms with E-state index in [1.54, 1.807) is 0 Å². The van der Waals surface area contributed by atoms with Gasteiger partial charge in [-0.3, -0.25) is 4.79 Å². The second kappa shape index (κ2) is 7.40. The first-order valence-corrected chi connectivity index (χ1v) is 7.73. The number of rotatable bonds is 6. The monoisotopic (exact) mass is 284 g/mol. The number of benzene rings is 1. The summed E-state index contributed by atoms with van der Waals surface area (Å²) >= 11 is 0. The largest absolute Gasteiger partial charge is 0.298 e. The Morgan fingerprint density at radius 2 is 1.86 bits per heavy atom. The highest BCUT2D eigenvalue weighted by Crippen LogP contribution is 2.28. The van der Waals surface area contributed by atoms with Crippen LogP contribution in [-0.4, -0.2) is 6.29 Å². The van der Waals surface area contributed by atoms with Gasteiger partial charge in [0.25, 0.3) is 0 Å². The maximum atomic E-state index is 11.5. The maximum Gasteiger partial charge on any atom is 0.150 e. The minimum Gasteiger partial charge on any atom is -0.298 e. The molecule has 0 heterocycles. The van der Waals surface area contributed by atoms with Gasteiger partial charge in [-0.05, 0) is 54.4 Å². The third-order valence-electron chi connectivity index (χ3n) is 3.99. The van der Waals surface area contributed by atoms with E-state index in [1.807, 2.05) is 6.92 Å². The molecule has 0 fully saturated rings. The Kier molecular flexibility index (Phi) is 6.14. The summed E-state index contributed by atoms with van der Waals surface area (Å²) in [4.78, 5) is 11.5. The highest BCUT2D eigenvalue weighted by molar-refractivity contribution is 6.08. The van der Waals surface area contributed by atoms with Crippen LogP contribution in [0.25, 0.3) is 11.1 Å². The van der Waals surface area contributed by atoms with Crippen LogP contribution in [0, 0.1) is 18.8 Å². The lowest BCUT2D eigenvalue weighted by Crippen LogP contribution is -2.00. The summed E-state index contributed by atoms with van der Waals surface area (Å²) in [7, 11) is 0. The van der Waals surface area contributed by atoms with Crippen LogP contribution in [0.2, 0.25) is 0 Å². The van der Waals surface area contributed by atoms with Crippen LogP contribution >= 0.6 is 0 Å². The molecule has 1 aromatic carbocycles. The van der Waals surface area contributed by atoms with Gasteiger partial charge in [0.15, 0.2) is 6.29 Å². The molecule has 0 unspecified atom stereocenters. The highest BCUT2D eigenvalue weighted by atomic mass is 16.1. The van der Waals surface area contributed by atoms with Crippen molar-refractivity contribution >= 4 is 17.4 Å². The van der Waals surface area contributed by atoms with Crippen LogP contribution in [0.3, 0.4) is 0 Å². The van der Waals surface area contributed by atoms with Crippen LogP contribution in [0.4, 0.5) is 0 Å². The van der Waals surface area contributed by atoms with Gasteiger partial charge < -0.3 is 0 Å². The number of hydrogen-bond acceptors (Lipinski definition) is 1. The smallest absolute Gasteiger partial charge is 0.150 e. The van der Waals surface area contributed by atoms with Crippen LogP contribution in [0.5, 0.6) is 0 Å². The number of hydrogen-bond donors (Lipinski definition) is 0. The van der Waals surface area contributed by atoms with Crippen molar-refractivity contribution in [3.8, 4) is 0 Å². The number of aldehydes is 1. The van der Waals surface area contributed by atoms with Crippen molar-refractivity contribution in [2.45, 2.75) is 48.0 Å². The van der Waals surface area contributed by atoms with Crippen molar-refractivity contribution in [1.29, 1.82) is 0 Å². The molecule has 0 saturated carbocycles. The molecule has 0 atom stereocenters. The van der Waals surface area contributed by atoms with Crippen LogP contribution in [0.1, 0.15) is 57.7 Å². The lowest BCUT2D eigenvalue weighted by Gasteiger charge is -2.15. The Hall–Kier alpha value is -1.63. The maximum absolute atomic E-state index is 11.5. The summed E-state index contributed by atoms with van der Waals surface area (Å²) in [5.74, 6) is 0.978. The highest BCUT2D eigenvalue weighted by Gasteiger charge is 2.12. The summed E-state index contributed by atoms with van der Waals surface area (Å²) in [5.41, 5.74) is 6.48. The van der Waals surface area contributed by atoms with Crippen molar-refractivity contribution in [2.24, 2.45) is 11.8 Å². The zero-order valence-electron chi connectivity index (χ0n) is 14.3. The molecule has 0 N–H and O–H groups in total. The summed E-state index contributed by atoms with van der Waals surface area (Å²) in [6.07, 6.45) is 1.99. The molecule has 0 saturated heterocycles. The fourth-order valence-electron chi connectivity index (χ4n) is 2.48. The SMILES string of the molecule is C=C(CC(C)C)c1ccc(/C(C=O)=C(\C)C(C)C)c(C)c1. The predicted octanol–water partition coefficient (Wildman–Crippen LogP) is 5.68. The van der Waals surface area contributed by atoms with Gasteiger partial charge in [0.1, 0.15) is 0 Å². The first-order chi connectivity index (χ1) is 9.77. The van der Waals surface area contributed by atoms with E-state index >= 15 is 0 Å². The van der Waals surface area contributed by atoms with Gasteiger partial charge in [-0.15, -0.1) is 0 Å². The van der Waals surface area contributed by atoms with E-state index in [1.165, 1.54) is 5.56 Å². The van der Waals surface area contributed by atoms with Crippen molar-refractivity contribution < 1.29 is 4.79 Å². The average Bonchev–Trinajstić information content (AvgIpc) is 2.40. The Morgan fingerprint density at radius 1 is 1.24 bits per heavy atom. The molecule has 1 heteroatoms. The van der Waals surface area contributed by atoms with Crippen molar-refractivity contribution in [3.63, 3.8) is 0 Å². The van der Waals surface area contributed by atoms with Gasteiger partial charge in [0.2, 0.25) is 0 Å². The summed E-state index contributed by atoms with van der Waals surface area (Å²) in [6, 6.07) is 6.30. The molecule has 0 radical (unpaired) electrons. The molecule has 0 aliphatic heterocycles. The number of carbonyl (C=O) groups is 1. The molecule has 21 heavy (non-hydrogen) atoms. The Balaban J connectivity index is 3.22. The second-order valence-electron chi connectivity index (χ2n) is 6.60. The average molecular weight is 284 g/mol. The quantitative estimate of drug-likeness (QED) is 0.485. The summed E-state index contributed by atoms with van der Waals surface area (Å²) < 4.78 is 0. The molecule has 0 bridgehead atoms. The number of allylic oxidation sites excluding steroid dienone is 3. The second-order valence-corrected chi connectivity index (χ2v) is 6.60. The standard InChI is InChI=1S/C20H28O/c1-13(2)10-15(5)18-8-9-19(16(6)11-18)20(12-21)17(7)14(3)4/h8-9,11-14H,5,10H2,1-4,6-7H3/b20-17+. The molecule has 0 amide bonds. The van der Waals surface area contributed by atoms with Gasteiger partial charge >= 0.3 is 0 Å². The van der Waals surface area contributed by atoms with Gasteiger partial charge in [0, 0.05) is 5.57 Å². The topological polar surface area (TPSA) is 17.1 Å². The van der Waals surface area contributed by atoms with E-state index in [-0.39, 0.29) is 0 Å². The predicted molar refractivity (Wildman–Crippen MR) is 93.2 cm³/mol. The van der Waals surface area contributed by atoms with Crippen molar-refractivity contribution in [3.05, 3.63) is 47.0 Å². The van der Waals surface area contributed by atoms with E-state index in [4.69, 9.17) is 0 Å². The van der Waals surface area contributed by atoms with Crippen LogP contribution in [0.15, 0.2) is 30.4 Å². The Morgan fingerprint density at radius 3 is 2.29 bits per heavy atom. The van der Waals surface area contributed by atoms with Crippen LogP contribution in [-0.2, 0) is 4.79 Å². The normalized spacial score (nSPS) is 12.6. The first-order valence-electron chi connectivity index (χ1n) is 7.73. The molecular weight excluding hydrogens is 256 g/mol. The summed E-state index contributed by atoms with van der Waals surface area (Å²) in [6.45, 7) is 16.9. The molecule has 0 spiro atoms. The molecule has 0 aromatic heterocycles. The van der Waals surface area contributed by atoms with E-state index in [9.17, 15) is 4.79 Å². The molecule has 114 valence electrons. The summed E-state index contributed by atoms with van der Waals surface area (Å²) in [5, 5.41) is 0. The lowest BCUT2D eigenvalue weighted by atomic mass is 9.89. The number of aryl methyl sites for hydroxylation is 1. The fraction of sp³-hybridized carbons (Fsp3) is 0.450. The molecular formula is C20H28O. The minimum atomic E-state index is 0.375. The third kappa shape index (κ3) is 4.42. The molecule has 1 rings (SSSR count). The van der Waals surface area contributed by atoms with Crippen molar-refractivity contribution in [1.82, 2.24) is 0 Å². The van der Waals surface area contributed by atoms with E-state index in [0.717, 1.165) is 40.6 Å². The fourth-order valence-corrected chi connectivity index (χ4v) is 2.48. The molecule has 1 aromatic rings. The van der Waals surface area contributed by atoms with E-state index < -0.39 is 0 Å². The molecule has 0 aliphatic rings. The Labute approximate surface area is 129 Å². The number of carbonyl (C=O) groups excluding carboxylic acids is 1. The van der Waals surface area contributed by atoms with E-state index in [2.05, 4.69) is 59.4 Å². The lowest BCUT2D eigenvalue weighted by molar-refractivity contribution is -0.103. The molecule has 0 aliphatic carbocycles. The Bertz CT molecular complexity index is 559. The van der Waals surface area contributed by atoms with Crippen LogP contribution < -0.4 is 0 Å². The minimum absolute atomic E-state index is 0.375. The van der Waals surface area contributed by atoms with Gasteiger partial charge in [-0.2, -0.15) is 0 Å². The third-order valence-corrected chi connectivity index (χ3v) is 3.99. The zero-order chi connectivity index (χ0) is 16.2. The zero-order valence-corrected chi connectivity index (χ0v) is 14.3. The van der Waals surface area contributed by atoms with Gasteiger partial charge in [-0.25, -0.2) is 0 Å². The van der Waals surface area contributed by atoms with Gasteiger partial charge in [-0.1, -0.05) is 58.0 Å². The first kappa shape index (κ1) is 17.4. The van der Waals surface area contributed by atoms with E-state index in [0.29, 0.717) is 11.8 Å². The molecule has 1 nitrogen and oxygen atoms in total.